The number of hydrogen-bond acceptors (Lipinski definition) is 7. The van der Waals surface area contributed by atoms with Gasteiger partial charge < -0.3 is 15.3 Å². The summed E-state index contributed by atoms with van der Waals surface area (Å²) in [5.41, 5.74) is -1.28. The third-order valence-corrected chi connectivity index (χ3v) is 3.11. The van der Waals surface area contributed by atoms with Crippen molar-refractivity contribution in [2.75, 3.05) is 12.4 Å². The van der Waals surface area contributed by atoms with E-state index in [1.54, 1.807) is 0 Å². The maximum Gasteiger partial charge on any atom is 0.327 e. The molecule has 1 amide bonds. The van der Waals surface area contributed by atoms with Gasteiger partial charge in [0.15, 0.2) is 5.12 Å². The van der Waals surface area contributed by atoms with Crippen LogP contribution in [-0.4, -0.2) is 45.6 Å². The Bertz CT molecular complexity index is 410. The lowest BCUT2D eigenvalue weighted by Crippen LogP contribution is -2.49. The molecule has 0 aliphatic heterocycles. The van der Waals surface area contributed by atoms with Crippen molar-refractivity contribution in [2.45, 2.75) is 26.8 Å². The first kappa shape index (κ1) is 18.2. The van der Waals surface area contributed by atoms with Gasteiger partial charge in [0, 0.05) is 12.7 Å². The number of amides is 1. The maximum atomic E-state index is 11.9. The second kappa shape index (κ2) is 7.68. The first-order chi connectivity index (χ1) is 9.06. The minimum Gasteiger partial charge on any atom is -0.480 e. The van der Waals surface area contributed by atoms with Crippen LogP contribution in [0.5, 0.6) is 0 Å². The van der Waals surface area contributed by atoms with E-state index in [2.05, 4.69) is 10.2 Å². The SMILES string of the molecule is CC(=O)SCC(NC(=O)C(C)(C)CO[N+](=O)[O-])C(=O)O. The number of nitrogens with one attached hydrogen (secondary N) is 1. The minimum atomic E-state index is -1.29. The first-order valence-corrected chi connectivity index (χ1v) is 6.49. The van der Waals surface area contributed by atoms with Crippen LogP contribution in [0.3, 0.4) is 0 Å². The Morgan fingerprint density at radius 2 is 2.00 bits per heavy atom. The topological polar surface area (TPSA) is 136 Å². The summed E-state index contributed by atoms with van der Waals surface area (Å²) < 4.78 is 0. The molecule has 0 aromatic heterocycles. The van der Waals surface area contributed by atoms with E-state index in [0.29, 0.717) is 0 Å². The van der Waals surface area contributed by atoms with Crippen LogP contribution in [0.2, 0.25) is 0 Å². The van der Waals surface area contributed by atoms with Gasteiger partial charge in [-0.05, 0) is 13.8 Å². The average molecular weight is 308 g/mol. The summed E-state index contributed by atoms with van der Waals surface area (Å²) in [4.78, 5) is 47.8. The fraction of sp³-hybridized carbons (Fsp3) is 0.700. The van der Waals surface area contributed by atoms with Crippen molar-refractivity contribution >= 4 is 28.8 Å². The van der Waals surface area contributed by atoms with Crippen molar-refractivity contribution in [3.8, 4) is 0 Å². The molecule has 9 nitrogen and oxygen atoms in total. The predicted molar refractivity (Wildman–Crippen MR) is 69.4 cm³/mol. The molecule has 2 N–H and O–H groups in total. The molecule has 0 fully saturated rings. The van der Waals surface area contributed by atoms with Gasteiger partial charge in [0.25, 0.3) is 5.09 Å². The molecule has 10 heteroatoms. The average Bonchev–Trinajstić information content (AvgIpc) is 2.31. The Morgan fingerprint density at radius 3 is 2.40 bits per heavy atom. The van der Waals surface area contributed by atoms with Crippen LogP contribution in [0.15, 0.2) is 0 Å². The Morgan fingerprint density at radius 1 is 1.45 bits per heavy atom. The highest BCUT2D eigenvalue weighted by atomic mass is 32.2. The van der Waals surface area contributed by atoms with Crippen LogP contribution in [0.1, 0.15) is 20.8 Å². The molecule has 0 rings (SSSR count). The van der Waals surface area contributed by atoms with Crippen molar-refractivity contribution in [3.63, 3.8) is 0 Å². The van der Waals surface area contributed by atoms with Crippen molar-refractivity contribution < 1.29 is 29.4 Å². The molecular weight excluding hydrogens is 292 g/mol. The van der Waals surface area contributed by atoms with Gasteiger partial charge >= 0.3 is 5.97 Å². The highest BCUT2D eigenvalue weighted by molar-refractivity contribution is 8.13. The zero-order chi connectivity index (χ0) is 15.9. The molecule has 0 spiro atoms. The van der Waals surface area contributed by atoms with Crippen molar-refractivity contribution in [3.05, 3.63) is 10.1 Å². The Balaban J connectivity index is 4.61. The van der Waals surface area contributed by atoms with Crippen LogP contribution in [0.25, 0.3) is 0 Å². The summed E-state index contributed by atoms with van der Waals surface area (Å²) in [7, 11) is 0. The number of aliphatic carboxylic acids is 1. The zero-order valence-corrected chi connectivity index (χ0v) is 12.1. The number of carboxylic acids is 1. The first-order valence-electron chi connectivity index (χ1n) is 5.50. The molecule has 0 aromatic rings. The van der Waals surface area contributed by atoms with Gasteiger partial charge in [-0.2, -0.15) is 0 Å². The summed E-state index contributed by atoms with van der Waals surface area (Å²) in [6, 6.07) is -1.26. The van der Waals surface area contributed by atoms with Crippen LogP contribution < -0.4 is 5.32 Å². The molecule has 0 bridgehead atoms. The van der Waals surface area contributed by atoms with E-state index in [4.69, 9.17) is 5.11 Å². The summed E-state index contributed by atoms with van der Waals surface area (Å²) in [5.74, 6) is -2.13. The molecule has 0 aliphatic rings. The Hall–Kier alpha value is -1.84. The second-order valence-corrected chi connectivity index (χ2v) is 5.74. The molecule has 114 valence electrons. The van der Waals surface area contributed by atoms with Crippen molar-refractivity contribution in [2.24, 2.45) is 5.41 Å². The van der Waals surface area contributed by atoms with E-state index < -0.39 is 35.0 Å². The van der Waals surface area contributed by atoms with Gasteiger partial charge in [-0.25, -0.2) is 4.79 Å². The third-order valence-electron chi connectivity index (χ3n) is 2.20. The fourth-order valence-electron chi connectivity index (χ4n) is 1.01. The predicted octanol–water partition coefficient (Wildman–Crippen LogP) is 0.0700. The standard InChI is InChI=1S/C10H16N2O7S/c1-6(13)20-4-7(8(14)15)11-9(16)10(2,3)5-19-12(17)18/h7H,4-5H2,1-3H3,(H,11,16)(H,14,15). The monoisotopic (exact) mass is 308 g/mol. The van der Waals surface area contributed by atoms with E-state index >= 15 is 0 Å². The number of thioether (sulfide) groups is 1. The van der Waals surface area contributed by atoms with Gasteiger partial charge in [-0.15, -0.1) is 10.1 Å². The number of carboxylic acid groups (broad SMARTS) is 1. The van der Waals surface area contributed by atoms with E-state index in [9.17, 15) is 24.5 Å². The molecule has 20 heavy (non-hydrogen) atoms. The number of rotatable bonds is 8. The Kier molecular flexibility index (Phi) is 6.97. The highest BCUT2D eigenvalue weighted by Crippen LogP contribution is 2.16. The maximum absolute atomic E-state index is 11.9. The quantitative estimate of drug-likeness (QED) is 0.475. The lowest BCUT2D eigenvalue weighted by Gasteiger charge is -2.24. The van der Waals surface area contributed by atoms with Crippen molar-refractivity contribution in [1.82, 2.24) is 5.32 Å². The molecule has 1 atom stereocenters. The Labute approximate surface area is 119 Å². The molecule has 0 aromatic carbocycles. The number of carbonyl (C=O) groups excluding carboxylic acids is 2. The van der Waals surface area contributed by atoms with Gasteiger partial charge in [-0.3, -0.25) is 9.59 Å². The van der Waals surface area contributed by atoms with E-state index in [1.165, 1.54) is 20.8 Å². The lowest BCUT2D eigenvalue weighted by atomic mass is 9.93. The van der Waals surface area contributed by atoms with Crippen LogP contribution >= 0.6 is 11.8 Å². The summed E-state index contributed by atoms with van der Waals surface area (Å²) in [5, 5.41) is 19.9. The van der Waals surface area contributed by atoms with E-state index in [0.717, 1.165) is 11.8 Å². The molecule has 0 aliphatic carbocycles. The van der Waals surface area contributed by atoms with Crippen LogP contribution in [0, 0.1) is 15.5 Å². The number of hydrogen-bond donors (Lipinski definition) is 2. The van der Waals surface area contributed by atoms with Crippen LogP contribution in [-0.2, 0) is 19.2 Å². The lowest BCUT2D eigenvalue weighted by molar-refractivity contribution is -0.760. The normalized spacial score (nSPS) is 12.3. The largest absolute Gasteiger partial charge is 0.480 e. The van der Waals surface area contributed by atoms with Gasteiger partial charge in [0.1, 0.15) is 12.6 Å². The molecule has 0 heterocycles. The summed E-state index contributed by atoms with van der Waals surface area (Å²) in [6.45, 7) is 3.53. The smallest absolute Gasteiger partial charge is 0.327 e. The fourth-order valence-corrected chi connectivity index (χ4v) is 1.64. The van der Waals surface area contributed by atoms with Gasteiger partial charge in [0.2, 0.25) is 5.91 Å². The molecular formula is C10H16N2O7S. The molecule has 1 unspecified atom stereocenters. The molecule has 0 radical (unpaired) electrons. The number of carbonyl (C=O) groups is 3. The highest BCUT2D eigenvalue weighted by Gasteiger charge is 2.32. The molecule has 0 saturated carbocycles. The number of nitrogens with zero attached hydrogens (tertiary/aromatic N) is 1. The van der Waals surface area contributed by atoms with E-state index in [-0.39, 0.29) is 10.9 Å². The van der Waals surface area contributed by atoms with Crippen LogP contribution in [0.4, 0.5) is 0 Å². The minimum absolute atomic E-state index is 0.122. The molecule has 0 saturated heterocycles. The summed E-state index contributed by atoms with van der Waals surface area (Å²) in [6.07, 6.45) is 0. The zero-order valence-electron chi connectivity index (χ0n) is 11.2. The van der Waals surface area contributed by atoms with Gasteiger partial charge in [-0.1, -0.05) is 11.8 Å². The summed E-state index contributed by atoms with van der Waals surface area (Å²) >= 11 is 0.765. The van der Waals surface area contributed by atoms with E-state index in [1.807, 2.05) is 0 Å². The van der Waals surface area contributed by atoms with Crippen molar-refractivity contribution in [1.29, 1.82) is 0 Å². The second-order valence-electron chi connectivity index (χ2n) is 4.55. The van der Waals surface area contributed by atoms with Gasteiger partial charge in [0.05, 0.1) is 5.41 Å². The third kappa shape index (κ3) is 6.92.